The summed E-state index contributed by atoms with van der Waals surface area (Å²) in [6.07, 6.45) is 1.03. The predicted octanol–water partition coefficient (Wildman–Crippen LogP) is 3.46. The fraction of sp³-hybridized carbons (Fsp3) is 1.00. The van der Waals surface area contributed by atoms with Crippen LogP contribution in [0.2, 0.25) is 0 Å². The van der Waals surface area contributed by atoms with E-state index >= 15 is 0 Å². The summed E-state index contributed by atoms with van der Waals surface area (Å²) in [5, 5.41) is 0. The Kier molecular flexibility index (Phi) is 4.57. The molecule has 0 aliphatic heterocycles. The molecule has 2 heteroatoms. The molecule has 0 rings (SSSR count). The lowest BCUT2D eigenvalue weighted by atomic mass is 9.97. The minimum Gasteiger partial charge on any atom is -0.375 e. The van der Waals surface area contributed by atoms with Crippen LogP contribution in [0.1, 0.15) is 41.0 Å². The first-order chi connectivity index (χ1) is 5.33. The minimum absolute atomic E-state index is 0.0106. The van der Waals surface area contributed by atoms with Crippen LogP contribution in [-0.4, -0.2) is 18.1 Å². The molecule has 0 saturated heterocycles. The Balaban J connectivity index is 3.82. The van der Waals surface area contributed by atoms with Gasteiger partial charge in [0, 0.05) is 11.3 Å². The number of ether oxygens (including phenoxy) is 1. The predicted molar refractivity (Wildman–Crippen MR) is 54.8 cm³/mol. The maximum Gasteiger partial charge on any atom is 0.0624 e. The third-order valence-corrected chi connectivity index (χ3v) is 2.79. The Bertz CT molecular complexity index is 114. The molecule has 74 valence electrons. The van der Waals surface area contributed by atoms with Gasteiger partial charge < -0.3 is 4.74 Å². The van der Waals surface area contributed by atoms with Crippen molar-refractivity contribution in [2.45, 2.75) is 46.6 Å². The molecule has 0 aliphatic carbocycles. The summed E-state index contributed by atoms with van der Waals surface area (Å²) in [5.41, 5.74) is 0.0807. The molecule has 0 spiro atoms. The van der Waals surface area contributed by atoms with Crippen molar-refractivity contribution in [2.24, 2.45) is 5.41 Å². The van der Waals surface area contributed by atoms with Crippen LogP contribution in [-0.2, 0) is 4.74 Å². The molecular weight excluding hydrogens is 172 g/mol. The van der Waals surface area contributed by atoms with Gasteiger partial charge in [-0.15, -0.1) is 11.6 Å². The molecule has 0 bridgehead atoms. The Morgan fingerprint density at radius 1 is 1.17 bits per heavy atom. The molecule has 0 N–H and O–H groups in total. The van der Waals surface area contributed by atoms with Gasteiger partial charge in [-0.1, -0.05) is 20.8 Å². The maximum atomic E-state index is 5.79. The van der Waals surface area contributed by atoms with Crippen LogP contribution in [0.5, 0.6) is 0 Å². The topological polar surface area (TPSA) is 9.23 Å². The molecule has 0 heterocycles. The first-order valence-electron chi connectivity index (χ1n) is 4.53. The summed E-state index contributed by atoms with van der Waals surface area (Å²) in [4.78, 5) is 0. The summed E-state index contributed by atoms with van der Waals surface area (Å²) >= 11 is 5.79. The largest absolute Gasteiger partial charge is 0.375 e. The molecule has 0 aliphatic rings. The summed E-state index contributed by atoms with van der Waals surface area (Å²) in [6.45, 7) is 11.3. The van der Waals surface area contributed by atoms with Gasteiger partial charge in [-0.05, 0) is 20.3 Å². The van der Waals surface area contributed by atoms with E-state index in [-0.39, 0.29) is 11.0 Å². The van der Waals surface area contributed by atoms with Gasteiger partial charge in [0.2, 0.25) is 0 Å². The van der Waals surface area contributed by atoms with Gasteiger partial charge in [0.05, 0.1) is 12.2 Å². The summed E-state index contributed by atoms with van der Waals surface area (Å²) in [5.74, 6) is 0.646. The van der Waals surface area contributed by atoms with Gasteiger partial charge in [-0.3, -0.25) is 0 Å². The Labute approximate surface area is 81.4 Å². The lowest BCUT2D eigenvalue weighted by Gasteiger charge is -2.29. The van der Waals surface area contributed by atoms with Gasteiger partial charge in [-0.25, -0.2) is 0 Å². The maximum absolute atomic E-state index is 5.79. The van der Waals surface area contributed by atoms with E-state index in [0.29, 0.717) is 5.88 Å². The minimum atomic E-state index is -0.0106. The fourth-order valence-electron chi connectivity index (χ4n) is 0.531. The normalized spacial score (nSPS) is 13.5. The summed E-state index contributed by atoms with van der Waals surface area (Å²) in [7, 11) is 0. The van der Waals surface area contributed by atoms with Crippen LogP contribution in [0.4, 0.5) is 0 Å². The Hall–Kier alpha value is 0.250. The van der Waals surface area contributed by atoms with Gasteiger partial charge in [-0.2, -0.15) is 0 Å². The van der Waals surface area contributed by atoms with Gasteiger partial charge in [0.1, 0.15) is 0 Å². The highest BCUT2D eigenvalue weighted by Gasteiger charge is 2.22. The van der Waals surface area contributed by atoms with E-state index in [1.165, 1.54) is 0 Å². The zero-order valence-corrected chi connectivity index (χ0v) is 9.66. The van der Waals surface area contributed by atoms with Crippen LogP contribution in [0, 0.1) is 5.41 Å². The van der Waals surface area contributed by atoms with Crippen LogP contribution < -0.4 is 0 Å². The molecule has 0 unspecified atom stereocenters. The van der Waals surface area contributed by atoms with Crippen molar-refractivity contribution in [3.63, 3.8) is 0 Å². The van der Waals surface area contributed by atoms with Gasteiger partial charge in [0.15, 0.2) is 0 Å². The smallest absolute Gasteiger partial charge is 0.0624 e. The molecule has 1 nitrogen and oxygen atoms in total. The van der Waals surface area contributed by atoms with E-state index in [9.17, 15) is 0 Å². The van der Waals surface area contributed by atoms with E-state index in [1.54, 1.807) is 0 Å². The SMILES string of the molecule is CCC(C)(C)OCC(C)(C)CCl. The van der Waals surface area contributed by atoms with E-state index in [2.05, 4.69) is 34.6 Å². The second-order valence-electron chi connectivity index (χ2n) is 4.70. The zero-order chi connectivity index (χ0) is 9.83. The first kappa shape index (κ1) is 12.2. The van der Waals surface area contributed by atoms with Crippen molar-refractivity contribution >= 4 is 11.6 Å². The monoisotopic (exact) mass is 192 g/mol. The molecular formula is C10H21ClO. The molecule has 0 fully saturated rings. The third-order valence-electron chi connectivity index (χ3n) is 2.07. The van der Waals surface area contributed by atoms with Crippen LogP contribution in [0.3, 0.4) is 0 Å². The quantitative estimate of drug-likeness (QED) is 0.607. The fourth-order valence-corrected chi connectivity index (χ4v) is 0.609. The summed E-state index contributed by atoms with van der Waals surface area (Å²) in [6, 6.07) is 0. The Morgan fingerprint density at radius 3 is 2.00 bits per heavy atom. The summed E-state index contributed by atoms with van der Waals surface area (Å²) < 4.78 is 5.75. The molecule has 0 aromatic rings. The number of halogens is 1. The van der Waals surface area contributed by atoms with Gasteiger partial charge >= 0.3 is 0 Å². The van der Waals surface area contributed by atoms with Crippen molar-refractivity contribution in [3.8, 4) is 0 Å². The van der Waals surface area contributed by atoms with Crippen LogP contribution >= 0.6 is 11.6 Å². The van der Waals surface area contributed by atoms with E-state index in [1.807, 2.05) is 0 Å². The molecule has 0 aromatic heterocycles. The van der Waals surface area contributed by atoms with Crippen molar-refractivity contribution in [2.75, 3.05) is 12.5 Å². The zero-order valence-electron chi connectivity index (χ0n) is 8.91. The van der Waals surface area contributed by atoms with Crippen molar-refractivity contribution in [3.05, 3.63) is 0 Å². The van der Waals surface area contributed by atoms with Gasteiger partial charge in [0.25, 0.3) is 0 Å². The van der Waals surface area contributed by atoms with E-state index in [4.69, 9.17) is 16.3 Å². The molecule has 0 radical (unpaired) electrons. The average Bonchev–Trinajstić information content (AvgIpc) is 2.02. The second-order valence-corrected chi connectivity index (χ2v) is 4.97. The molecule has 0 atom stereocenters. The lowest BCUT2D eigenvalue weighted by molar-refractivity contribution is -0.0515. The number of hydrogen-bond donors (Lipinski definition) is 0. The molecule has 0 amide bonds. The first-order valence-corrected chi connectivity index (χ1v) is 5.06. The lowest BCUT2D eigenvalue weighted by Crippen LogP contribution is -2.30. The Morgan fingerprint density at radius 2 is 1.67 bits per heavy atom. The highest BCUT2D eigenvalue weighted by molar-refractivity contribution is 6.18. The van der Waals surface area contributed by atoms with E-state index < -0.39 is 0 Å². The molecule has 12 heavy (non-hydrogen) atoms. The van der Waals surface area contributed by atoms with Crippen molar-refractivity contribution in [1.29, 1.82) is 0 Å². The highest BCUT2D eigenvalue weighted by Crippen LogP contribution is 2.22. The second kappa shape index (κ2) is 4.48. The van der Waals surface area contributed by atoms with Crippen LogP contribution in [0.25, 0.3) is 0 Å². The molecule has 0 saturated carbocycles. The van der Waals surface area contributed by atoms with Crippen LogP contribution in [0.15, 0.2) is 0 Å². The standard InChI is InChI=1S/C10H21ClO/c1-6-10(4,5)12-8-9(2,3)7-11/h6-8H2,1-5H3. The average molecular weight is 193 g/mol. The van der Waals surface area contributed by atoms with Crippen molar-refractivity contribution < 1.29 is 4.74 Å². The van der Waals surface area contributed by atoms with E-state index in [0.717, 1.165) is 13.0 Å². The highest BCUT2D eigenvalue weighted by atomic mass is 35.5. The number of alkyl halides is 1. The number of rotatable bonds is 5. The number of hydrogen-bond acceptors (Lipinski definition) is 1. The molecule has 0 aromatic carbocycles. The third kappa shape index (κ3) is 5.00. The van der Waals surface area contributed by atoms with Crippen molar-refractivity contribution in [1.82, 2.24) is 0 Å².